The molecule has 0 aliphatic rings. The molecular formula is C11H12F3NO3. The first-order valence-corrected chi connectivity index (χ1v) is 5.05. The van der Waals surface area contributed by atoms with Crippen LogP contribution in [0.25, 0.3) is 0 Å². The Bertz CT molecular complexity index is 403. The molecule has 0 fully saturated rings. The van der Waals surface area contributed by atoms with Crippen molar-refractivity contribution in [3.05, 3.63) is 29.8 Å². The molecule has 0 unspecified atom stereocenters. The van der Waals surface area contributed by atoms with E-state index in [4.69, 9.17) is 10.2 Å². The maximum Gasteiger partial charge on any atom is 0.401 e. The van der Waals surface area contributed by atoms with Gasteiger partial charge in [0.25, 0.3) is 0 Å². The number of benzene rings is 1. The number of aromatic hydroxyl groups is 1. The number of hydrogen-bond donors (Lipinski definition) is 2. The number of hydrogen-bond acceptors (Lipinski definition) is 3. The third-order valence-electron chi connectivity index (χ3n) is 2.10. The predicted molar refractivity (Wildman–Crippen MR) is 57.1 cm³/mol. The van der Waals surface area contributed by atoms with Crippen LogP contribution in [0, 0.1) is 0 Å². The van der Waals surface area contributed by atoms with Crippen LogP contribution in [0.3, 0.4) is 0 Å². The van der Waals surface area contributed by atoms with Gasteiger partial charge in [0.15, 0.2) is 0 Å². The lowest BCUT2D eigenvalue weighted by Crippen LogP contribution is -2.37. The minimum atomic E-state index is -4.45. The van der Waals surface area contributed by atoms with Gasteiger partial charge < -0.3 is 10.2 Å². The van der Waals surface area contributed by atoms with E-state index in [0.29, 0.717) is 5.56 Å². The van der Waals surface area contributed by atoms with Gasteiger partial charge >= 0.3 is 12.1 Å². The molecule has 0 aromatic heterocycles. The first-order chi connectivity index (χ1) is 8.26. The van der Waals surface area contributed by atoms with Gasteiger partial charge in [-0.1, -0.05) is 12.1 Å². The van der Waals surface area contributed by atoms with Crippen molar-refractivity contribution in [3.8, 4) is 5.75 Å². The molecule has 1 aromatic rings. The van der Waals surface area contributed by atoms with Crippen molar-refractivity contribution in [2.75, 3.05) is 13.1 Å². The summed E-state index contributed by atoms with van der Waals surface area (Å²) in [5.74, 6) is -1.32. The van der Waals surface area contributed by atoms with Crippen LogP contribution in [0.5, 0.6) is 5.75 Å². The molecule has 0 amide bonds. The van der Waals surface area contributed by atoms with Crippen LogP contribution in [0.2, 0.25) is 0 Å². The Labute approximate surface area is 101 Å². The normalized spacial score (nSPS) is 11.8. The summed E-state index contributed by atoms with van der Waals surface area (Å²) in [4.78, 5) is 11.3. The molecule has 0 atom stereocenters. The highest BCUT2D eigenvalue weighted by atomic mass is 19.4. The van der Waals surface area contributed by atoms with Crippen molar-refractivity contribution < 1.29 is 28.2 Å². The van der Waals surface area contributed by atoms with Crippen LogP contribution < -0.4 is 0 Å². The standard InChI is InChI=1S/C11H12F3NO3/c12-11(13,14)7-15(6-10(17)18)5-8-1-3-9(16)4-2-8/h1-4,16H,5-7H2,(H,17,18). The molecule has 1 aromatic carbocycles. The second kappa shape index (κ2) is 5.72. The molecule has 0 bridgehead atoms. The Balaban J connectivity index is 2.71. The highest BCUT2D eigenvalue weighted by Crippen LogP contribution is 2.18. The van der Waals surface area contributed by atoms with Crippen LogP contribution in [0.15, 0.2) is 24.3 Å². The molecule has 0 spiro atoms. The van der Waals surface area contributed by atoms with Crippen LogP contribution >= 0.6 is 0 Å². The summed E-state index contributed by atoms with van der Waals surface area (Å²) in [6, 6.07) is 5.56. The van der Waals surface area contributed by atoms with Crippen molar-refractivity contribution in [1.82, 2.24) is 4.90 Å². The minimum Gasteiger partial charge on any atom is -0.508 e. The number of alkyl halides is 3. The maximum atomic E-state index is 12.2. The Hall–Kier alpha value is -1.76. The average molecular weight is 263 g/mol. The molecule has 0 saturated carbocycles. The van der Waals surface area contributed by atoms with Crippen LogP contribution in [-0.2, 0) is 11.3 Å². The molecule has 100 valence electrons. The summed E-state index contributed by atoms with van der Waals surface area (Å²) in [5.41, 5.74) is 0.498. The average Bonchev–Trinajstić information content (AvgIpc) is 2.18. The van der Waals surface area contributed by atoms with Crippen LogP contribution in [0.1, 0.15) is 5.56 Å². The van der Waals surface area contributed by atoms with E-state index in [1.807, 2.05) is 0 Å². The fourth-order valence-corrected chi connectivity index (χ4v) is 1.47. The molecule has 0 aliphatic heterocycles. The first kappa shape index (κ1) is 14.3. The summed E-state index contributed by atoms with van der Waals surface area (Å²) < 4.78 is 36.7. The lowest BCUT2D eigenvalue weighted by atomic mass is 10.2. The topological polar surface area (TPSA) is 60.8 Å². The van der Waals surface area contributed by atoms with Gasteiger partial charge in [0.2, 0.25) is 0 Å². The number of carboxylic acid groups (broad SMARTS) is 1. The van der Waals surface area contributed by atoms with Crippen LogP contribution in [0.4, 0.5) is 13.2 Å². The Morgan fingerprint density at radius 3 is 2.22 bits per heavy atom. The van der Waals surface area contributed by atoms with Crippen molar-refractivity contribution in [2.24, 2.45) is 0 Å². The Kier molecular flexibility index (Phi) is 4.55. The molecule has 2 N–H and O–H groups in total. The molecule has 0 saturated heterocycles. The number of carboxylic acids is 1. The zero-order valence-electron chi connectivity index (χ0n) is 9.31. The molecule has 0 radical (unpaired) electrons. The second-order valence-corrected chi connectivity index (χ2v) is 3.82. The van der Waals surface area contributed by atoms with Gasteiger partial charge in [0.1, 0.15) is 5.75 Å². The minimum absolute atomic E-state index is 0.000596. The number of rotatable bonds is 5. The fourth-order valence-electron chi connectivity index (χ4n) is 1.47. The predicted octanol–water partition coefficient (Wildman–Crippen LogP) is 1.84. The lowest BCUT2D eigenvalue weighted by molar-refractivity contribution is -0.154. The SMILES string of the molecule is O=C(O)CN(Cc1ccc(O)cc1)CC(F)(F)F. The fraction of sp³-hybridized carbons (Fsp3) is 0.364. The lowest BCUT2D eigenvalue weighted by Gasteiger charge is -2.21. The quantitative estimate of drug-likeness (QED) is 0.851. The van der Waals surface area contributed by atoms with Gasteiger partial charge in [0.05, 0.1) is 13.1 Å². The third kappa shape index (κ3) is 5.53. The van der Waals surface area contributed by atoms with E-state index in [-0.39, 0.29) is 12.3 Å². The first-order valence-electron chi connectivity index (χ1n) is 5.05. The molecule has 4 nitrogen and oxygen atoms in total. The number of phenols is 1. The van der Waals surface area contributed by atoms with Crippen molar-refractivity contribution >= 4 is 5.97 Å². The second-order valence-electron chi connectivity index (χ2n) is 3.82. The molecular weight excluding hydrogens is 251 g/mol. The maximum absolute atomic E-state index is 12.2. The van der Waals surface area contributed by atoms with Gasteiger partial charge in [-0.15, -0.1) is 0 Å². The van der Waals surface area contributed by atoms with Gasteiger partial charge in [-0.2, -0.15) is 13.2 Å². The molecule has 0 heterocycles. The Morgan fingerprint density at radius 2 is 1.78 bits per heavy atom. The molecule has 1 rings (SSSR count). The molecule has 7 heteroatoms. The zero-order chi connectivity index (χ0) is 13.8. The smallest absolute Gasteiger partial charge is 0.401 e. The van der Waals surface area contributed by atoms with Gasteiger partial charge in [-0.05, 0) is 17.7 Å². The van der Waals surface area contributed by atoms with E-state index >= 15 is 0 Å². The zero-order valence-corrected chi connectivity index (χ0v) is 9.31. The van der Waals surface area contributed by atoms with Gasteiger partial charge in [-0.3, -0.25) is 9.69 Å². The van der Waals surface area contributed by atoms with Crippen LogP contribution in [-0.4, -0.2) is 40.3 Å². The van der Waals surface area contributed by atoms with E-state index in [9.17, 15) is 18.0 Å². The van der Waals surface area contributed by atoms with E-state index < -0.39 is 25.2 Å². The number of halogens is 3. The van der Waals surface area contributed by atoms with Crippen molar-refractivity contribution in [1.29, 1.82) is 0 Å². The van der Waals surface area contributed by atoms with Crippen molar-refractivity contribution in [3.63, 3.8) is 0 Å². The number of nitrogens with zero attached hydrogens (tertiary/aromatic N) is 1. The highest BCUT2D eigenvalue weighted by Gasteiger charge is 2.31. The largest absolute Gasteiger partial charge is 0.508 e. The van der Waals surface area contributed by atoms with E-state index in [2.05, 4.69) is 0 Å². The summed E-state index contributed by atoms with van der Waals surface area (Å²) in [6.45, 7) is -2.13. The number of phenolic OH excluding ortho intramolecular Hbond substituents is 1. The van der Waals surface area contributed by atoms with Gasteiger partial charge in [-0.25, -0.2) is 0 Å². The summed E-state index contributed by atoms with van der Waals surface area (Å²) in [5, 5.41) is 17.6. The monoisotopic (exact) mass is 263 g/mol. The number of carbonyl (C=O) groups is 1. The molecule has 18 heavy (non-hydrogen) atoms. The Morgan fingerprint density at radius 1 is 1.22 bits per heavy atom. The van der Waals surface area contributed by atoms with E-state index in [1.54, 1.807) is 0 Å². The van der Waals surface area contributed by atoms with E-state index in [1.165, 1.54) is 24.3 Å². The third-order valence-corrected chi connectivity index (χ3v) is 2.10. The number of aliphatic carboxylic acids is 1. The highest BCUT2D eigenvalue weighted by molar-refractivity contribution is 5.69. The van der Waals surface area contributed by atoms with Gasteiger partial charge in [0, 0.05) is 6.54 Å². The summed E-state index contributed by atoms with van der Waals surface area (Å²) in [6.07, 6.45) is -4.45. The molecule has 0 aliphatic carbocycles. The summed E-state index contributed by atoms with van der Waals surface area (Å²) in [7, 11) is 0. The van der Waals surface area contributed by atoms with Crippen molar-refractivity contribution in [2.45, 2.75) is 12.7 Å². The summed E-state index contributed by atoms with van der Waals surface area (Å²) >= 11 is 0. The van der Waals surface area contributed by atoms with E-state index in [0.717, 1.165) is 4.90 Å².